The number of alkyl halides is 1. The van der Waals surface area contributed by atoms with Crippen LogP contribution in [-0.2, 0) is 4.43 Å². The Bertz CT molecular complexity index is 259. The Morgan fingerprint density at radius 3 is 2.46 bits per heavy atom. The molecule has 1 aromatic carbocycles. The maximum atomic E-state index is 2.38. The van der Waals surface area contributed by atoms with E-state index in [4.69, 9.17) is 0 Å². The van der Waals surface area contributed by atoms with Crippen LogP contribution >= 0.6 is 22.6 Å². The van der Waals surface area contributed by atoms with Gasteiger partial charge in [-0.05, 0) is 17.5 Å². The van der Waals surface area contributed by atoms with E-state index in [1.807, 2.05) is 0 Å². The molecule has 0 heterocycles. The fraction of sp³-hybridized carbons (Fsp3) is 0.333. The van der Waals surface area contributed by atoms with Crippen molar-refractivity contribution in [1.29, 1.82) is 0 Å². The number of halogens is 1. The zero-order valence-corrected chi connectivity index (χ0v) is 10.1. The fourth-order valence-corrected chi connectivity index (χ4v) is 1.61. The highest BCUT2D eigenvalue weighted by molar-refractivity contribution is 14.1. The van der Waals surface area contributed by atoms with Gasteiger partial charge in [-0.15, -0.1) is 0 Å². The lowest BCUT2D eigenvalue weighted by Gasteiger charge is -1.96. The quantitative estimate of drug-likeness (QED) is 0.567. The average Bonchev–Trinajstić information content (AvgIpc) is 2.19. The van der Waals surface area contributed by atoms with Gasteiger partial charge in [0.25, 0.3) is 0 Å². The van der Waals surface area contributed by atoms with Gasteiger partial charge in [0.2, 0.25) is 0 Å². The maximum absolute atomic E-state index is 2.38. The van der Waals surface area contributed by atoms with Crippen molar-refractivity contribution in [3.8, 4) is 0 Å². The molecule has 1 aromatic rings. The Morgan fingerprint density at radius 2 is 1.92 bits per heavy atom. The van der Waals surface area contributed by atoms with Crippen LogP contribution in [0.5, 0.6) is 0 Å². The van der Waals surface area contributed by atoms with Gasteiger partial charge in [-0.25, -0.2) is 0 Å². The predicted molar refractivity (Wildman–Crippen MR) is 68.1 cm³/mol. The molecule has 1 heteroatoms. The van der Waals surface area contributed by atoms with Crippen LogP contribution in [0.3, 0.4) is 0 Å². The third kappa shape index (κ3) is 3.94. The van der Waals surface area contributed by atoms with E-state index in [1.165, 1.54) is 24.0 Å². The molecule has 0 bridgehead atoms. The number of hydrogen-bond donors (Lipinski definition) is 0. The van der Waals surface area contributed by atoms with Crippen LogP contribution in [0.15, 0.2) is 30.3 Å². The second-order valence-electron chi connectivity index (χ2n) is 3.07. The summed E-state index contributed by atoms with van der Waals surface area (Å²) in [6.07, 6.45) is 6.83. The van der Waals surface area contributed by atoms with Gasteiger partial charge in [-0.3, -0.25) is 0 Å². The first-order chi connectivity index (χ1) is 6.36. The minimum Gasteiger partial charge on any atom is -0.0840 e. The number of rotatable bonds is 4. The van der Waals surface area contributed by atoms with Gasteiger partial charge in [0.1, 0.15) is 0 Å². The molecule has 0 amide bonds. The number of allylic oxidation sites excluding steroid dienone is 1. The topological polar surface area (TPSA) is 0 Å². The Morgan fingerprint density at radius 1 is 1.23 bits per heavy atom. The van der Waals surface area contributed by atoms with Crippen LogP contribution in [-0.4, -0.2) is 0 Å². The van der Waals surface area contributed by atoms with Gasteiger partial charge in [-0.1, -0.05) is 72.4 Å². The molecule has 1 rings (SSSR count). The standard InChI is InChI=1S/C12H15I/c1-2-3-4-5-11-6-8-12(10-13)9-7-11/h4-9H,2-3,10H2,1H3. The molecule has 0 unspecified atom stereocenters. The lowest BCUT2D eigenvalue weighted by Crippen LogP contribution is -1.76. The molecule has 0 aliphatic heterocycles. The predicted octanol–water partition coefficient (Wildman–Crippen LogP) is 4.43. The van der Waals surface area contributed by atoms with Crippen molar-refractivity contribution in [2.75, 3.05) is 0 Å². The van der Waals surface area contributed by atoms with Crippen molar-refractivity contribution < 1.29 is 0 Å². The lowest BCUT2D eigenvalue weighted by molar-refractivity contribution is 0.962. The summed E-state index contributed by atoms with van der Waals surface area (Å²) in [6, 6.07) is 8.75. The highest BCUT2D eigenvalue weighted by atomic mass is 127. The van der Waals surface area contributed by atoms with E-state index in [1.54, 1.807) is 0 Å². The zero-order valence-electron chi connectivity index (χ0n) is 7.96. The molecule has 0 fully saturated rings. The molecule has 0 saturated heterocycles. The Labute approximate surface area is 94.2 Å². The second kappa shape index (κ2) is 6.19. The van der Waals surface area contributed by atoms with Crippen LogP contribution in [0.25, 0.3) is 6.08 Å². The molecule has 0 aliphatic carbocycles. The van der Waals surface area contributed by atoms with Gasteiger partial charge < -0.3 is 0 Å². The average molecular weight is 286 g/mol. The summed E-state index contributed by atoms with van der Waals surface area (Å²) in [6.45, 7) is 2.20. The molecule has 13 heavy (non-hydrogen) atoms. The molecular formula is C12H15I. The summed E-state index contributed by atoms with van der Waals surface area (Å²) < 4.78 is 1.09. The lowest BCUT2D eigenvalue weighted by atomic mass is 10.1. The number of hydrogen-bond acceptors (Lipinski definition) is 0. The molecule has 0 atom stereocenters. The second-order valence-corrected chi connectivity index (χ2v) is 3.83. The van der Waals surface area contributed by atoms with Crippen molar-refractivity contribution in [3.05, 3.63) is 41.5 Å². The van der Waals surface area contributed by atoms with Gasteiger partial charge in [-0.2, -0.15) is 0 Å². The minimum absolute atomic E-state index is 1.09. The highest BCUT2D eigenvalue weighted by Crippen LogP contribution is 2.09. The SMILES string of the molecule is CCCC=Cc1ccc(CI)cc1. The summed E-state index contributed by atoms with van der Waals surface area (Å²) in [4.78, 5) is 0. The van der Waals surface area contributed by atoms with Crippen LogP contribution in [0.2, 0.25) is 0 Å². The Kier molecular flexibility index (Phi) is 5.13. The number of unbranched alkanes of at least 4 members (excludes halogenated alkanes) is 1. The molecule has 0 spiro atoms. The zero-order chi connectivity index (χ0) is 9.52. The van der Waals surface area contributed by atoms with E-state index >= 15 is 0 Å². The highest BCUT2D eigenvalue weighted by Gasteiger charge is 1.88. The summed E-state index contributed by atoms with van der Waals surface area (Å²) in [7, 11) is 0. The van der Waals surface area contributed by atoms with Crippen molar-refractivity contribution in [1.82, 2.24) is 0 Å². The van der Waals surface area contributed by atoms with Crippen LogP contribution in [0.4, 0.5) is 0 Å². The molecule has 70 valence electrons. The van der Waals surface area contributed by atoms with Crippen LogP contribution in [0, 0.1) is 0 Å². The van der Waals surface area contributed by atoms with Crippen molar-refractivity contribution in [3.63, 3.8) is 0 Å². The first kappa shape index (κ1) is 10.8. The van der Waals surface area contributed by atoms with E-state index in [0.29, 0.717) is 0 Å². The molecule has 0 nitrogen and oxygen atoms in total. The van der Waals surface area contributed by atoms with Crippen molar-refractivity contribution in [2.24, 2.45) is 0 Å². The first-order valence-corrected chi connectivity index (χ1v) is 6.21. The molecule has 0 saturated carbocycles. The third-order valence-electron chi connectivity index (χ3n) is 1.90. The maximum Gasteiger partial charge on any atom is 0.0247 e. The third-order valence-corrected chi connectivity index (χ3v) is 2.78. The van der Waals surface area contributed by atoms with Gasteiger partial charge in [0.15, 0.2) is 0 Å². The Hall–Kier alpha value is -0.310. The molecule has 0 N–H and O–H groups in total. The van der Waals surface area contributed by atoms with Gasteiger partial charge in [0, 0.05) is 4.43 Å². The van der Waals surface area contributed by atoms with Crippen molar-refractivity contribution in [2.45, 2.75) is 24.2 Å². The monoisotopic (exact) mass is 286 g/mol. The summed E-state index contributed by atoms with van der Waals surface area (Å²) in [5.41, 5.74) is 2.70. The summed E-state index contributed by atoms with van der Waals surface area (Å²) >= 11 is 2.38. The normalized spacial score (nSPS) is 10.9. The molecule has 0 aliphatic rings. The smallest absolute Gasteiger partial charge is 0.0247 e. The van der Waals surface area contributed by atoms with Crippen molar-refractivity contribution >= 4 is 28.7 Å². The van der Waals surface area contributed by atoms with E-state index < -0.39 is 0 Å². The van der Waals surface area contributed by atoms with E-state index in [2.05, 4.69) is 65.9 Å². The van der Waals surface area contributed by atoms with Gasteiger partial charge in [0.05, 0.1) is 0 Å². The number of benzene rings is 1. The first-order valence-electron chi connectivity index (χ1n) is 4.68. The minimum atomic E-state index is 1.09. The molecular weight excluding hydrogens is 271 g/mol. The summed E-state index contributed by atoms with van der Waals surface area (Å²) in [5, 5.41) is 0. The van der Waals surface area contributed by atoms with E-state index in [-0.39, 0.29) is 0 Å². The Balaban J connectivity index is 2.58. The van der Waals surface area contributed by atoms with Crippen LogP contribution in [0.1, 0.15) is 30.9 Å². The molecule has 0 aromatic heterocycles. The summed E-state index contributed by atoms with van der Waals surface area (Å²) in [5.74, 6) is 0. The largest absolute Gasteiger partial charge is 0.0840 e. The van der Waals surface area contributed by atoms with E-state index in [9.17, 15) is 0 Å². The van der Waals surface area contributed by atoms with Crippen LogP contribution < -0.4 is 0 Å². The van der Waals surface area contributed by atoms with E-state index in [0.717, 1.165) is 4.43 Å². The molecule has 0 radical (unpaired) electrons. The van der Waals surface area contributed by atoms with Gasteiger partial charge >= 0.3 is 0 Å². The fourth-order valence-electron chi connectivity index (χ4n) is 1.10.